The van der Waals surface area contributed by atoms with Crippen molar-refractivity contribution in [3.63, 3.8) is 0 Å². The number of benzene rings is 2. The summed E-state index contributed by atoms with van der Waals surface area (Å²) < 4.78 is 8.72. The fourth-order valence-electron chi connectivity index (χ4n) is 3.09. The molecule has 1 aromatic heterocycles. The highest BCUT2D eigenvalue weighted by atomic mass is 35.5. The Bertz CT molecular complexity index is 1100. The molecule has 3 rings (SSSR count). The van der Waals surface area contributed by atoms with Crippen LogP contribution in [0.4, 0.5) is 0 Å². The third-order valence-corrected chi connectivity index (χ3v) is 5.66. The fraction of sp³-hybridized carbons (Fsp3) is 0.273. The van der Waals surface area contributed by atoms with E-state index in [-0.39, 0.29) is 5.91 Å². The summed E-state index contributed by atoms with van der Waals surface area (Å²) >= 11 is 7.66. The normalized spacial score (nSPS) is 12.4. The standard InChI is InChI=1S/C22H23ClN2O2S/c1-4-27-12-11-25-21-16(3)13-15(2)14-19(21)28-22(25)24-20(26)10-9-17-7-5-6-8-18(17)23/h5-10,13-14H,4,11-12H2,1-3H3/b10-9+,24-22?. The van der Waals surface area contributed by atoms with Gasteiger partial charge in [-0.2, -0.15) is 4.99 Å². The van der Waals surface area contributed by atoms with E-state index in [1.807, 2.05) is 25.1 Å². The zero-order valence-corrected chi connectivity index (χ0v) is 17.8. The van der Waals surface area contributed by atoms with E-state index in [2.05, 4.69) is 35.5 Å². The van der Waals surface area contributed by atoms with Gasteiger partial charge in [-0.3, -0.25) is 4.79 Å². The van der Waals surface area contributed by atoms with Gasteiger partial charge in [0.25, 0.3) is 5.91 Å². The lowest BCUT2D eigenvalue weighted by Gasteiger charge is -2.08. The first kappa shape index (κ1) is 20.5. The summed E-state index contributed by atoms with van der Waals surface area (Å²) in [6.45, 7) is 8.02. The molecule has 146 valence electrons. The first-order valence-electron chi connectivity index (χ1n) is 9.19. The van der Waals surface area contributed by atoms with Crippen LogP contribution in [-0.4, -0.2) is 23.7 Å². The quantitative estimate of drug-likeness (QED) is 0.413. The van der Waals surface area contributed by atoms with Gasteiger partial charge in [0.2, 0.25) is 0 Å². The summed E-state index contributed by atoms with van der Waals surface area (Å²) in [4.78, 5) is 17.5. The molecule has 6 heteroatoms. The minimum atomic E-state index is -0.314. The largest absolute Gasteiger partial charge is 0.380 e. The molecule has 0 aliphatic rings. The SMILES string of the molecule is CCOCCn1c(=NC(=O)/C=C/c2ccccc2Cl)sc2cc(C)cc(C)c21. The molecule has 3 aromatic rings. The minimum Gasteiger partial charge on any atom is -0.380 e. The molecule has 0 bridgehead atoms. The van der Waals surface area contributed by atoms with Crippen LogP contribution >= 0.6 is 22.9 Å². The van der Waals surface area contributed by atoms with Crippen LogP contribution in [0.3, 0.4) is 0 Å². The summed E-state index contributed by atoms with van der Waals surface area (Å²) in [7, 11) is 0. The van der Waals surface area contributed by atoms with Crippen molar-refractivity contribution in [3.05, 3.63) is 69.0 Å². The van der Waals surface area contributed by atoms with Gasteiger partial charge in [0, 0.05) is 24.3 Å². The number of hydrogen-bond donors (Lipinski definition) is 0. The maximum absolute atomic E-state index is 12.5. The van der Waals surface area contributed by atoms with E-state index in [1.165, 1.54) is 28.5 Å². The number of fused-ring (bicyclic) bond motifs is 1. The molecule has 4 nitrogen and oxygen atoms in total. The number of thiazole rings is 1. The molecular formula is C22H23ClN2O2S. The van der Waals surface area contributed by atoms with E-state index in [9.17, 15) is 4.79 Å². The minimum absolute atomic E-state index is 0.314. The summed E-state index contributed by atoms with van der Waals surface area (Å²) in [5.41, 5.74) is 4.26. The third kappa shape index (κ3) is 4.79. The van der Waals surface area contributed by atoms with Gasteiger partial charge in [-0.05, 0) is 55.7 Å². The van der Waals surface area contributed by atoms with E-state index >= 15 is 0 Å². The topological polar surface area (TPSA) is 43.6 Å². The molecule has 0 fully saturated rings. The van der Waals surface area contributed by atoms with Crippen molar-refractivity contribution in [2.45, 2.75) is 27.3 Å². The monoisotopic (exact) mass is 414 g/mol. The maximum atomic E-state index is 12.5. The average molecular weight is 415 g/mol. The van der Waals surface area contributed by atoms with Crippen molar-refractivity contribution in [2.24, 2.45) is 4.99 Å². The molecule has 0 saturated carbocycles. The number of aryl methyl sites for hydroxylation is 2. The van der Waals surface area contributed by atoms with Gasteiger partial charge in [0.15, 0.2) is 4.80 Å². The zero-order chi connectivity index (χ0) is 20.1. The van der Waals surface area contributed by atoms with Crippen LogP contribution in [-0.2, 0) is 16.1 Å². The molecule has 0 unspecified atom stereocenters. The highest BCUT2D eigenvalue weighted by molar-refractivity contribution is 7.16. The fourth-order valence-corrected chi connectivity index (χ4v) is 4.52. The zero-order valence-electron chi connectivity index (χ0n) is 16.2. The van der Waals surface area contributed by atoms with Crippen molar-refractivity contribution in [2.75, 3.05) is 13.2 Å². The lowest BCUT2D eigenvalue weighted by atomic mass is 10.1. The Morgan fingerprint density at radius 2 is 2.07 bits per heavy atom. The van der Waals surface area contributed by atoms with Crippen molar-refractivity contribution in [1.82, 2.24) is 4.57 Å². The first-order chi connectivity index (χ1) is 13.5. The Balaban J connectivity index is 2.00. The first-order valence-corrected chi connectivity index (χ1v) is 10.4. The van der Waals surface area contributed by atoms with Crippen LogP contribution in [0.15, 0.2) is 47.5 Å². The molecular weight excluding hydrogens is 392 g/mol. The van der Waals surface area contributed by atoms with Crippen molar-refractivity contribution in [3.8, 4) is 0 Å². The Morgan fingerprint density at radius 1 is 1.29 bits per heavy atom. The molecule has 1 amide bonds. The van der Waals surface area contributed by atoms with E-state index in [4.69, 9.17) is 16.3 Å². The molecule has 0 saturated heterocycles. The Hall–Kier alpha value is -2.21. The van der Waals surface area contributed by atoms with Crippen LogP contribution in [0.5, 0.6) is 0 Å². The molecule has 1 heterocycles. The summed E-state index contributed by atoms with van der Waals surface area (Å²) in [6.07, 6.45) is 3.15. The second-order valence-corrected chi connectivity index (χ2v) is 7.88. The number of halogens is 1. The van der Waals surface area contributed by atoms with Crippen LogP contribution < -0.4 is 4.80 Å². The van der Waals surface area contributed by atoms with Gasteiger partial charge in [-0.1, -0.05) is 47.2 Å². The second kappa shape index (κ2) is 9.32. The molecule has 0 spiro atoms. The Labute approximate surface area is 173 Å². The molecule has 0 atom stereocenters. The number of carbonyl (C=O) groups excluding carboxylic acids is 1. The average Bonchev–Trinajstić information content (AvgIpc) is 2.98. The molecule has 28 heavy (non-hydrogen) atoms. The summed E-state index contributed by atoms with van der Waals surface area (Å²) in [6, 6.07) is 11.7. The highest BCUT2D eigenvalue weighted by Crippen LogP contribution is 2.23. The number of hydrogen-bond acceptors (Lipinski definition) is 3. The predicted molar refractivity (Wildman–Crippen MR) is 117 cm³/mol. The van der Waals surface area contributed by atoms with Gasteiger partial charge in [0.1, 0.15) is 0 Å². The third-order valence-electron chi connectivity index (χ3n) is 4.29. The number of aromatic nitrogens is 1. The van der Waals surface area contributed by atoms with Gasteiger partial charge >= 0.3 is 0 Å². The molecule has 0 aliphatic heterocycles. The van der Waals surface area contributed by atoms with Gasteiger partial charge < -0.3 is 9.30 Å². The van der Waals surface area contributed by atoms with Crippen molar-refractivity contribution < 1.29 is 9.53 Å². The van der Waals surface area contributed by atoms with E-state index in [0.717, 1.165) is 15.8 Å². The van der Waals surface area contributed by atoms with E-state index < -0.39 is 0 Å². The summed E-state index contributed by atoms with van der Waals surface area (Å²) in [5, 5.41) is 0.603. The summed E-state index contributed by atoms with van der Waals surface area (Å²) in [5.74, 6) is -0.314. The van der Waals surface area contributed by atoms with Crippen molar-refractivity contribution >= 4 is 45.1 Å². The maximum Gasteiger partial charge on any atom is 0.272 e. The van der Waals surface area contributed by atoms with Crippen LogP contribution in [0, 0.1) is 13.8 Å². The Morgan fingerprint density at radius 3 is 2.82 bits per heavy atom. The van der Waals surface area contributed by atoms with Gasteiger partial charge in [-0.25, -0.2) is 0 Å². The smallest absolute Gasteiger partial charge is 0.272 e. The van der Waals surface area contributed by atoms with Crippen LogP contribution in [0.25, 0.3) is 16.3 Å². The number of ether oxygens (including phenoxy) is 1. The number of carbonyl (C=O) groups is 1. The number of nitrogens with zero attached hydrogens (tertiary/aromatic N) is 2. The lowest BCUT2D eigenvalue weighted by molar-refractivity contribution is -0.113. The predicted octanol–water partition coefficient (Wildman–Crippen LogP) is 5.15. The number of amides is 1. The van der Waals surface area contributed by atoms with Crippen LogP contribution in [0.1, 0.15) is 23.6 Å². The molecule has 2 aromatic carbocycles. The lowest BCUT2D eigenvalue weighted by Crippen LogP contribution is -2.19. The van der Waals surface area contributed by atoms with E-state index in [0.29, 0.717) is 29.6 Å². The van der Waals surface area contributed by atoms with E-state index in [1.54, 1.807) is 12.1 Å². The highest BCUT2D eigenvalue weighted by Gasteiger charge is 2.10. The Kier molecular flexibility index (Phi) is 6.83. The van der Waals surface area contributed by atoms with Gasteiger partial charge in [-0.15, -0.1) is 0 Å². The van der Waals surface area contributed by atoms with Crippen molar-refractivity contribution in [1.29, 1.82) is 0 Å². The number of rotatable bonds is 6. The second-order valence-electron chi connectivity index (χ2n) is 6.47. The molecule has 0 aliphatic carbocycles. The molecule has 0 radical (unpaired) electrons. The van der Waals surface area contributed by atoms with Gasteiger partial charge in [0.05, 0.1) is 16.8 Å². The van der Waals surface area contributed by atoms with Crippen LogP contribution in [0.2, 0.25) is 5.02 Å². The molecule has 0 N–H and O–H groups in total.